The molecule has 2 aromatic heterocycles. The minimum Gasteiger partial charge on any atom is -0.491 e. The first kappa shape index (κ1) is 28.6. The molecule has 192 valence electrons. The number of aliphatic hydroxyl groups excluding tert-OH is 1. The lowest BCUT2D eigenvalue weighted by atomic mass is 10.2. The summed E-state index contributed by atoms with van der Waals surface area (Å²) in [5.41, 5.74) is 6.89. The van der Waals surface area contributed by atoms with Crippen molar-refractivity contribution in [2.24, 2.45) is 5.73 Å². The normalized spacial score (nSPS) is 12.1. The Bertz CT molecular complexity index is 1210. The first-order valence-corrected chi connectivity index (χ1v) is 11.9. The van der Waals surface area contributed by atoms with Gasteiger partial charge in [-0.3, -0.25) is 9.78 Å². The number of thioether (sulfide) groups is 1. The highest BCUT2D eigenvalue weighted by Crippen LogP contribution is 2.30. The Balaban J connectivity index is 0.000000540. The number of nitrogens with two attached hydrogens (primary N) is 1. The predicted molar refractivity (Wildman–Crippen MR) is 127 cm³/mol. The Hall–Kier alpha value is -2.59. The summed E-state index contributed by atoms with van der Waals surface area (Å²) in [6, 6.07) is 5.36. The molecule has 0 saturated heterocycles. The number of aromatic nitrogens is 3. The van der Waals surface area contributed by atoms with Crippen LogP contribution in [0.5, 0.6) is 5.75 Å². The zero-order valence-corrected chi connectivity index (χ0v) is 20.4. The number of hydrogen-bond donors (Lipinski definition) is 5. The number of benzene rings is 1. The highest BCUT2D eigenvalue weighted by atomic mass is 35.5. The van der Waals surface area contributed by atoms with Gasteiger partial charge in [-0.05, 0) is 24.6 Å². The van der Waals surface area contributed by atoms with E-state index in [9.17, 15) is 23.1 Å². The first-order valence-electron chi connectivity index (χ1n) is 9.77. The Morgan fingerprint density at radius 2 is 2.09 bits per heavy atom. The molecule has 0 aliphatic rings. The molecule has 0 aliphatic heterocycles. The van der Waals surface area contributed by atoms with E-state index in [2.05, 4.69) is 20.3 Å². The van der Waals surface area contributed by atoms with Gasteiger partial charge in [0.15, 0.2) is 16.6 Å². The monoisotopic (exact) mass is 555 g/mol. The summed E-state index contributed by atoms with van der Waals surface area (Å²) in [4.78, 5) is 32.0. The van der Waals surface area contributed by atoms with Crippen LogP contribution < -0.4 is 20.7 Å². The summed E-state index contributed by atoms with van der Waals surface area (Å²) in [5.74, 6) is -1.04. The zero-order chi connectivity index (χ0) is 26.2. The number of aliphatic carboxylic acids is 1. The lowest BCUT2D eigenvalue weighted by molar-refractivity contribution is -0.192. The summed E-state index contributed by atoms with van der Waals surface area (Å²) >= 11 is 8.70. The minimum atomic E-state index is -5.08. The Labute approximate surface area is 209 Å². The molecule has 1 aromatic carbocycles. The molecule has 0 radical (unpaired) electrons. The Morgan fingerprint density at radius 1 is 1.40 bits per heavy atom. The predicted octanol–water partition coefficient (Wildman–Crippen LogP) is 3.09. The number of thiazole rings is 1. The lowest BCUT2D eigenvalue weighted by Gasteiger charge is -2.13. The molecule has 2 heterocycles. The van der Waals surface area contributed by atoms with Gasteiger partial charge in [-0.15, -0.1) is 0 Å². The van der Waals surface area contributed by atoms with Crippen LogP contribution in [0.4, 0.5) is 19.0 Å². The number of carbonyl (C=O) groups is 1. The van der Waals surface area contributed by atoms with Crippen LogP contribution in [0, 0.1) is 0 Å². The van der Waals surface area contributed by atoms with Crippen LogP contribution in [0.3, 0.4) is 0 Å². The van der Waals surface area contributed by atoms with Gasteiger partial charge < -0.3 is 26.0 Å². The maximum absolute atomic E-state index is 11.7. The summed E-state index contributed by atoms with van der Waals surface area (Å²) in [5, 5.41) is 20.6. The van der Waals surface area contributed by atoms with Crippen LogP contribution in [-0.4, -0.2) is 63.1 Å². The first-order chi connectivity index (χ1) is 16.4. The van der Waals surface area contributed by atoms with Crippen molar-refractivity contribution in [3.63, 3.8) is 0 Å². The van der Waals surface area contributed by atoms with Crippen molar-refractivity contribution in [2.45, 2.75) is 30.1 Å². The molecule has 0 amide bonds. The average molecular weight is 556 g/mol. The summed E-state index contributed by atoms with van der Waals surface area (Å²) in [6.45, 7) is 2.60. The molecular formula is C19H21ClF3N5O5S2. The second-order valence-corrected chi connectivity index (χ2v) is 9.10. The topological polar surface area (TPSA) is 163 Å². The summed E-state index contributed by atoms with van der Waals surface area (Å²) in [6.07, 6.45) is -5.08. The van der Waals surface area contributed by atoms with Gasteiger partial charge in [-0.1, -0.05) is 40.8 Å². The summed E-state index contributed by atoms with van der Waals surface area (Å²) in [7, 11) is 0. The standard InChI is InChI=1S/C17H20ClN5O3S2.C2HF3O2/c1-9(7-24)20-14-13-15(23-17(25)28-13)22-16(21-14)27-8-10-2-3-12(11(18)6-10)26-5-4-19;3-2(4,5)1(6)7/h2-3,6,9,24H,4-5,7-8,19H2,1H3,(H2,20,21,22,23,25);(H,6,7)/t9-;/m1./s1. The van der Waals surface area contributed by atoms with E-state index in [1.54, 1.807) is 0 Å². The largest absolute Gasteiger partial charge is 0.491 e. The number of hydrogen-bond acceptors (Lipinski definition) is 10. The maximum Gasteiger partial charge on any atom is 0.490 e. The summed E-state index contributed by atoms with van der Waals surface area (Å²) < 4.78 is 37.8. The molecule has 10 nitrogen and oxygen atoms in total. The van der Waals surface area contributed by atoms with Crippen LogP contribution in [0.25, 0.3) is 10.3 Å². The number of H-pyrrole nitrogens is 1. The fourth-order valence-corrected chi connectivity index (χ4v) is 4.11. The molecule has 0 saturated carbocycles. The van der Waals surface area contributed by atoms with Crippen molar-refractivity contribution in [3.05, 3.63) is 38.5 Å². The van der Waals surface area contributed by atoms with Gasteiger partial charge in [0.1, 0.15) is 17.1 Å². The number of nitrogens with one attached hydrogen (secondary N) is 2. The van der Waals surface area contributed by atoms with Crippen molar-refractivity contribution < 1.29 is 32.9 Å². The minimum absolute atomic E-state index is 0.0512. The third-order valence-corrected chi connectivity index (χ3v) is 5.99. The van der Waals surface area contributed by atoms with Gasteiger partial charge in [0.25, 0.3) is 0 Å². The van der Waals surface area contributed by atoms with Crippen molar-refractivity contribution >= 4 is 56.8 Å². The van der Waals surface area contributed by atoms with Crippen LogP contribution in [-0.2, 0) is 10.5 Å². The average Bonchev–Trinajstić information content (AvgIpc) is 3.17. The highest BCUT2D eigenvalue weighted by molar-refractivity contribution is 7.98. The van der Waals surface area contributed by atoms with Crippen LogP contribution >= 0.6 is 34.7 Å². The zero-order valence-electron chi connectivity index (χ0n) is 18.1. The number of ether oxygens (including phenoxy) is 1. The molecule has 0 unspecified atom stereocenters. The molecule has 3 rings (SSSR count). The smallest absolute Gasteiger partial charge is 0.490 e. The van der Waals surface area contributed by atoms with Gasteiger partial charge >= 0.3 is 17.0 Å². The number of aromatic amines is 1. The SMILES string of the molecule is C[C@H](CO)Nc1nc(SCc2ccc(OCCN)c(Cl)c2)nc2[nH]c(=O)sc12.O=C(O)C(F)(F)F. The molecule has 0 fully saturated rings. The number of carboxylic acid groups (broad SMARTS) is 1. The van der Waals surface area contributed by atoms with Crippen molar-refractivity contribution in [1.29, 1.82) is 0 Å². The van der Waals surface area contributed by atoms with Crippen molar-refractivity contribution in [2.75, 3.05) is 25.1 Å². The number of alkyl halides is 3. The number of rotatable bonds is 9. The van der Waals surface area contributed by atoms with E-state index in [1.165, 1.54) is 11.8 Å². The van der Waals surface area contributed by atoms with Gasteiger partial charge in [0.2, 0.25) is 0 Å². The highest BCUT2D eigenvalue weighted by Gasteiger charge is 2.38. The third kappa shape index (κ3) is 8.85. The molecule has 16 heteroatoms. The van der Waals surface area contributed by atoms with Gasteiger partial charge in [0.05, 0.1) is 11.6 Å². The molecule has 1 atom stereocenters. The molecular weight excluding hydrogens is 535 g/mol. The van der Waals surface area contributed by atoms with E-state index in [1.807, 2.05) is 25.1 Å². The number of fused-ring (bicyclic) bond motifs is 1. The van der Waals surface area contributed by atoms with Crippen LogP contribution in [0.15, 0.2) is 28.2 Å². The molecule has 0 aliphatic carbocycles. The van der Waals surface area contributed by atoms with E-state index in [4.69, 9.17) is 32.0 Å². The molecule has 35 heavy (non-hydrogen) atoms. The lowest BCUT2D eigenvalue weighted by Crippen LogP contribution is -2.21. The fourth-order valence-electron chi connectivity index (χ4n) is 2.34. The van der Waals surface area contributed by atoms with Crippen LogP contribution in [0.1, 0.15) is 12.5 Å². The van der Waals surface area contributed by atoms with E-state index in [0.717, 1.165) is 16.9 Å². The Kier molecular flexibility index (Phi) is 10.6. The number of anilines is 1. The van der Waals surface area contributed by atoms with Gasteiger partial charge in [-0.2, -0.15) is 13.2 Å². The van der Waals surface area contributed by atoms with Crippen molar-refractivity contribution in [3.8, 4) is 5.75 Å². The quantitative estimate of drug-likeness (QED) is 0.196. The molecule has 3 aromatic rings. The third-order valence-electron chi connectivity index (χ3n) is 3.90. The van der Waals surface area contributed by atoms with Crippen molar-refractivity contribution in [1.82, 2.24) is 15.0 Å². The van der Waals surface area contributed by atoms with E-state index in [-0.39, 0.29) is 17.5 Å². The Morgan fingerprint density at radius 3 is 2.66 bits per heavy atom. The second-order valence-electron chi connectivity index (χ2n) is 6.77. The molecule has 0 bridgehead atoms. The number of aliphatic hydroxyl groups is 1. The number of carboxylic acids is 1. The number of nitrogens with zero attached hydrogens (tertiary/aromatic N) is 2. The van der Waals surface area contributed by atoms with Gasteiger partial charge in [-0.25, -0.2) is 14.8 Å². The number of halogens is 4. The second kappa shape index (κ2) is 12.9. The molecule has 6 N–H and O–H groups in total. The molecule has 0 spiro atoms. The van der Waals surface area contributed by atoms with Gasteiger partial charge in [0, 0.05) is 18.3 Å². The van der Waals surface area contributed by atoms with E-state index >= 15 is 0 Å². The van der Waals surface area contributed by atoms with E-state index < -0.39 is 12.1 Å². The van der Waals surface area contributed by atoms with E-state index in [0.29, 0.717) is 51.0 Å². The fraction of sp³-hybridized carbons (Fsp3) is 0.368. The maximum atomic E-state index is 11.7. The van der Waals surface area contributed by atoms with Crippen LogP contribution in [0.2, 0.25) is 5.02 Å².